The molecule has 11 aromatic rings. The van der Waals surface area contributed by atoms with Gasteiger partial charge in [0.15, 0.2) is 0 Å². The molecule has 0 unspecified atom stereocenters. The van der Waals surface area contributed by atoms with Crippen LogP contribution in [0.5, 0.6) is 0 Å². The number of alkyl halides is 2. The van der Waals surface area contributed by atoms with Crippen molar-refractivity contribution in [1.82, 2.24) is 24.1 Å². The largest absolute Gasteiger partial charge is 0.354 e. The van der Waals surface area contributed by atoms with Crippen LogP contribution in [0.1, 0.15) is 11.1 Å². The fraction of sp³-hybridized carbons (Fsp3) is 0.0204. The Morgan fingerprint density at radius 1 is 0.500 bits per heavy atom. The van der Waals surface area contributed by atoms with E-state index in [0.717, 1.165) is 77.5 Å². The van der Waals surface area contributed by atoms with E-state index in [0.29, 0.717) is 5.82 Å². The zero-order valence-corrected chi connectivity index (χ0v) is 29.9. The normalized spacial score (nSPS) is 12.1. The molecular weight excluding hydrogens is 697 g/mol. The molecule has 1 N–H and O–H groups in total. The van der Waals surface area contributed by atoms with Crippen molar-refractivity contribution in [3.8, 4) is 34.0 Å². The second kappa shape index (κ2) is 12.3. The number of fused-ring (bicyclic) bond motifs is 7. The number of nitrogens with one attached hydrogen (secondary N) is 1. The lowest BCUT2D eigenvalue weighted by Gasteiger charge is -2.18. The summed E-state index contributed by atoms with van der Waals surface area (Å²) in [5, 5.41) is 4.32. The zero-order chi connectivity index (χ0) is 37.4. The summed E-state index contributed by atoms with van der Waals surface area (Å²) in [7, 11) is 0. The number of halogens is 2. The molecule has 0 fully saturated rings. The number of hydrogen-bond donors (Lipinski definition) is 1. The van der Waals surface area contributed by atoms with Gasteiger partial charge in [-0.25, -0.2) is 9.97 Å². The Hall–Kier alpha value is -7.38. The van der Waals surface area contributed by atoms with E-state index in [-0.39, 0.29) is 11.1 Å². The van der Waals surface area contributed by atoms with Crippen LogP contribution in [0.2, 0.25) is 0 Å². The van der Waals surface area contributed by atoms with Gasteiger partial charge in [-0.3, -0.25) is 9.13 Å². The summed E-state index contributed by atoms with van der Waals surface area (Å²) < 4.78 is 36.1. The summed E-state index contributed by atoms with van der Waals surface area (Å²) in [5.41, 5.74) is 9.39. The molecule has 0 bridgehead atoms. The van der Waals surface area contributed by atoms with Crippen molar-refractivity contribution in [2.24, 2.45) is 0 Å². The molecule has 0 aliphatic heterocycles. The Labute approximate surface area is 319 Å². The van der Waals surface area contributed by atoms with Gasteiger partial charge in [0.2, 0.25) is 0 Å². The van der Waals surface area contributed by atoms with Gasteiger partial charge >= 0.3 is 0 Å². The predicted octanol–water partition coefficient (Wildman–Crippen LogP) is 12.6. The third-order valence-electron chi connectivity index (χ3n) is 10.9. The van der Waals surface area contributed by atoms with Gasteiger partial charge in [0.1, 0.15) is 11.6 Å². The minimum atomic E-state index is -3.20. The van der Waals surface area contributed by atoms with Gasteiger partial charge in [-0.1, -0.05) is 121 Å². The van der Waals surface area contributed by atoms with Gasteiger partial charge in [0.25, 0.3) is 5.92 Å². The van der Waals surface area contributed by atoms with Crippen molar-refractivity contribution in [3.05, 3.63) is 193 Å². The third-order valence-corrected chi connectivity index (χ3v) is 10.9. The van der Waals surface area contributed by atoms with Gasteiger partial charge < -0.3 is 4.98 Å². The summed E-state index contributed by atoms with van der Waals surface area (Å²) in [6.07, 6.45) is 1.47. The van der Waals surface area contributed by atoms with Crippen molar-refractivity contribution in [2.75, 3.05) is 0 Å². The minimum Gasteiger partial charge on any atom is -0.354 e. The van der Waals surface area contributed by atoms with Crippen molar-refractivity contribution in [3.63, 3.8) is 0 Å². The van der Waals surface area contributed by atoms with E-state index in [1.165, 1.54) is 35.8 Å². The van der Waals surface area contributed by atoms with Gasteiger partial charge in [-0.05, 0) is 60.2 Å². The van der Waals surface area contributed by atoms with Gasteiger partial charge in [-0.2, -0.15) is 8.78 Å². The zero-order valence-electron chi connectivity index (χ0n) is 29.9. The first-order valence-corrected chi connectivity index (χ1v) is 18.6. The van der Waals surface area contributed by atoms with E-state index >= 15 is 8.78 Å². The second-order valence-corrected chi connectivity index (χ2v) is 14.1. The van der Waals surface area contributed by atoms with Crippen molar-refractivity contribution in [1.29, 1.82) is 0 Å². The molecule has 7 aromatic carbocycles. The van der Waals surface area contributed by atoms with Crippen LogP contribution in [0.25, 0.3) is 88.7 Å². The number of hydrogen-bond acceptors (Lipinski definition) is 2. The van der Waals surface area contributed by atoms with Gasteiger partial charge in [0.05, 0.1) is 27.6 Å². The highest BCUT2D eigenvalue weighted by Gasteiger charge is 2.34. The minimum absolute atomic E-state index is 0.0650. The van der Waals surface area contributed by atoms with E-state index < -0.39 is 5.92 Å². The van der Waals surface area contributed by atoms with Crippen LogP contribution < -0.4 is 0 Å². The first kappa shape index (κ1) is 32.1. The molecule has 0 radical (unpaired) electrons. The Morgan fingerprint density at radius 2 is 1.18 bits per heavy atom. The number of benzene rings is 7. The second-order valence-electron chi connectivity index (χ2n) is 14.1. The molecule has 4 heterocycles. The summed E-state index contributed by atoms with van der Waals surface area (Å²) in [4.78, 5) is 13.8. The molecule has 11 rings (SSSR count). The maximum Gasteiger partial charge on any atom is 0.298 e. The molecule has 0 amide bonds. The lowest BCUT2D eigenvalue weighted by Crippen LogP contribution is -2.16. The molecule has 4 aromatic heterocycles. The number of rotatable bonds is 6. The topological polar surface area (TPSA) is 51.4 Å². The fourth-order valence-corrected chi connectivity index (χ4v) is 8.35. The molecule has 0 aliphatic carbocycles. The summed E-state index contributed by atoms with van der Waals surface area (Å²) in [6, 6.07) is 56.6. The number of aromatic amines is 1. The van der Waals surface area contributed by atoms with E-state index in [9.17, 15) is 0 Å². The number of nitrogens with zero attached hydrogens (tertiary/aromatic N) is 4. The lowest BCUT2D eigenvalue weighted by molar-refractivity contribution is 0.0427. The average Bonchev–Trinajstić information content (AvgIpc) is 3.94. The smallest absolute Gasteiger partial charge is 0.298 e. The van der Waals surface area contributed by atoms with E-state index in [4.69, 9.17) is 4.98 Å². The van der Waals surface area contributed by atoms with Crippen LogP contribution in [0.4, 0.5) is 8.78 Å². The predicted molar refractivity (Wildman–Crippen MR) is 223 cm³/mol. The molecule has 7 heteroatoms. The van der Waals surface area contributed by atoms with Gasteiger partial charge in [-0.15, -0.1) is 0 Å². The lowest BCUT2D eigenvalue weighted by atomic mass is 10.0. The molecule has 0 saturated carbocycles. The molecule has 266 valence electrons. The summed E-state index contributed by atoms with van der Waals surface area (Å²) in [6.45, 7) is 0. The highest BCUT2D eigenvalue weighted by Crippen LogP contribution is 2.41. The maximum atomic E-state index is 15.9. The molecule has 0 aliphatic rings. The first-order valence-electron chi connectivity index (χ1n) is 18.6. The van der Waals surface area contributed by atoms with Crippen LogP contribution in [-0.2, 0) is 5.92 Å². The van der Waals surface area contributed by atoms with Crippen LogP contribution in [0.3, 0.4) is 0 Å². The highest BCUT2D eigenvalue weighted by molar-refractivity contribution is 6.13. The molecule has 5 nitrogen and oxygen atoms in total. The Bertz CT molecular complexity index is 3290. The van der Waals surface area contributed by atoms with E-state index in [2.05, 4.69) is 106 Å². The maximum absolute atomic E-state index is 15.9. The van der Waals surface area contributed by atoms with Crippen molar-refractivity contribution < 1.29 is 8.78 Å². The van der Waals surface area contributed by atoms with Crippen LogP contribution in [-0.4, -0.2) is 24.1 Å². The Kier molecular flexibility index (Phi) is 7.06. The average molecular weight is 728 g/mol. The fourth-order valence-electron chi connectivity index (χ4n) is 8.35. The standard InChI is InChI=1S/C49H31F2N5/c50-49(51,32-13-3-1-4-14-32)33-27-28-52-45(30-33)56-42-23-10-8-18-37(42)38-26-25-31(29-44(38)56)35-19-12-24-43-47(35)54-48(55(43)34-15-5-2-6-16-34)40-21-11-20-39-36-17-7-9-22-41(36)53-46(39)40/h1-30,53H. The Morgan fingerprint density at radius 3 is 2.04 bits per heavy atom. The van der Waals surface area contributed by atoms with Crippen molar-refractivity contribution >= 4 is 54.6 Å². The van der Waals surface area contributed by atoms with Crippen LogP contribution in [0.15, 0.2) is 182 Å². The molecule has 0 atom stereocenters. The molecule has 0 spiro atoms. The number of pyridine rings is 1. The van der Waals surface area contributed by atoms with Gasteiger partial charge in [0, 0.05) is 61.2 Å². The number of imidazole rings is 1. The molecular formula is C49H31F2N5. The SMILES string of the molecule is FC(F)(c1ccccc1)c1ccnc(-n2c3ccccc3c3ccc(-c4cccc5c4nc(-c4cccc6c4[nH]c4ccccc46)n5-c4ccccc4)cc32)c1. The number of aromatic nitrogens is 5. The van der Waals surface area contributed by atoms with Crippen LogP contribution >= 0.6 is 0 Å². The van der Waals surface area contributed by atoms with Crippen molar-refractivity contribution in [2.45, 2.75) is 5.92 Å². The van der Waals surface area contributed by atoms with Crippen LogP contribution in [0, 0.1) is 0 Å². The number of H-pyrrole nitrogens is 1. The van der Waals surface area contributed by atoms with E-state index in [1.807, 2.05) is 47.0 Å². The summed E-state index contributed by atoms with van der Waals surface area (Å²) in [5.74, 6) is -1.96. The monoisotopic (exact) mass is 727 g/mol. The number of para-hydroxylation sites is 5. The quantitative estimate of drug-likeness (QED) is 0.185. The molecule has 56 heavy (non-hydrogen) atoms. The van der Waals surface area contributed by atoms with E-state index in [1.54, 1.807) is 18.2 Å². The molecule has 0 saturated heterocycles. The Balaban J connectivity index is 1.14. The summed E-state index contributed by atoms with van der Waals surface area (Å²) >= 11 is 0. The highest BCUT2D eigenvalue weighted by atomic mass is 19.3. The third kappa shape index (κ3) is 4.84. The first-order chi connectivity index (χ1) is 27.5.